The fraction of sp³-hybridized carbons (Fsp3) is 0.261. The van der Waals surface area contributed by atoms with Crippen LogP contribution in [0, 0.1) is 5.41 Å². The average Bonchev–Trinajstić information content (AvgIpc) is 3.25. The number of hydrogen-bond donors (Lipinski definition) is 0. The van der Waals surface area contributed by atoms with Gasteiger partial charge in [-0.3, -0.25) is 4.79 Å². The van der Waals surface area contributed by atoms with E-state index in [4.69, 9.17) is 9.47 Å². The second kappa shape index (κ2) is 8.73. The smallest absolute Gasteiger partial charge is 0.186 e. The molecule has 0 saturated carbocycles. The molecule has 0 bridgehead atoms. The van der Waals surface area contributed by atoms with Crippen LogP contribution in [0.25, 0.3) is 11.8 Å². The maximum atomic E-state index is 12.9. The van der Waals surface area contributed by atoms with E-state index in [1.807, 2.05) is 69.3 Å². The van der Waals surface area contributed by atoms with Crippen LogP contribution in [-0.4, -0.2) is 27.7 Å². The second-order valence-corrected chi connectivity index (χ2v) is 7.63. The molecule has 3 rings (SSSR count). The normalized spacial score (nSPS) is 11.9. The molecule has 0 atom stereocenters. The lowest BCUT2D eigenvalue weighted by molar-refractivity contribution is -0.120. The van der Waals surface area contributed by atoms with Gasteiger partial charge in [-0.05, 0) is 29.3 Å². The van der Waals surface area contributed by atoms with Gasteiger partial charge in [-0.2, -0.15) is 5.10 Å². The van der Waals surface area contributed by atoms with Gasteiger partial charge in [0.2, 0.25) is 0 Å². The van der Waals surface area contributed by atoms with Crippen molar-refractivity contribution in [3.8, 4) is 11.5 Å². The molecule has 1 heterocycles. The number of ketones is 1. The summed E-state index contributed by atoms with van der Waals surface area (Å²) in [5.74, 6) is 1.19. The van der Waals surface area contributed by atoms with E-state index >= 15 is 0 Å². The molecule has 0 unspecified atom stereocenters. The molecule has 29 heavy (non-hydrogen) atoms. The van der Waals surface area contributed by atoms with E-state index in [0.717, 1.165) is 11.1 Å². The quantitative estimate of drug-likeness (QED) is 0.556. The third kappa shape index (κ3) is 5.10. The number of carbonyl (C=O) groups excluding carboxylic acids is 1. The third-order valence-electron chi connectivity index (χ3n) is 4.31. The van der Waals surface area contributed by atoms with Gasteiger partial charge in [0, 0.05) is 5.41 Å². The fourth-order valence-electron chi connectivity index (χ4n) is 2.74. The summed E-state index contributed by atoms with van der Waals surface area (Å²) in [4.78, 5) is 16.9. The van der Waals surface area contributed by atoms with Gasteiger partial charge in [-0.15, -0.1) is 0 Å². The van der Waals surface area contributed by atoms with Crippen molar-refractivity contribution in [3.63, 3.8) is 0 Å². The first-order valence-electron chi connectivity index (χ1n) is 9.35. The van der Waals surface area contributed by atoms with Crippen LogP contribution in [0.3, 0.4) is 0 Å². The number of allylic oxidation sites excluding steroid dienone is 1. The number of carbonyl (C=O) groups is 1. The van der Waals surface area contributed by atoms with Gasteiger partial charge >= 0.3 is 0 Å². The molecule has 6 heteroatoms. The van der Waals surface area contributed by atoms with Crippen molar-refractivity contribution in [1.29, 1.82) is 0 Å². The standard InChI is InChI=1S/C23H25N3O3/c1-23(2,3)22(27)19(26-16-24-15-25-26)12-18-10-11-20(21(13-18)28-4)29-14-17-8-6-5-7-9-17/h5-13,15-16H,14H2,1-4H3. The number of Topliss-reactive ketones (excluding diaryl/α,β-unsaturated/α-hetero) is 1. The summed E-state index contributed by atoms with van der Waals surface area (Å²) in [6.07, 6.45) is 4.71. The number of aromatic nitrogens is 3. The monoisotopic (exact) mass is 391 g/mol. The number of ether oxygens (including phenoxy) is 2. The van der Waals surface area contributed by atoms with Crippen LogP contribution >= 0.6 is 0 Å². The molecular weight excluding hydrogens is 366 g/mol. The molecule has 0 radical (unpaired) electrons. The number of nitrogens with zero attached hydrogens (tertiary/aromatic N) is 3. The molecule has 0 N–H and O–H groups in total. The Balaban J connectivity index is 1.90. The van der Waals surface area contributed by atoms with E-state index in [2.05, 4.69) is 10.1 Å². The molecule has 0 amide bonds. The largest absolute Gasteiger partial charge is 0.493 e. The number of methoxy groups -OCH3 is 1. The Morgan fingerprint density at radius 3 is 2.48 bits per heavy atom. The van der Waals surface area contributed by atoms with Crippen LogP contribution < -0.4 is 9.47 Å². The molecule has 0 spiro atoms. The van der Waals surface area contributed by atoms with Crippen LogP contribution in [-0.2, 0) is 11.4 Å². The molecule has 1 aromatic heterocycles. The van der Waals surface area contributed by atoms with Crippen LogP contribution in [0.15, 0.2) is 61.2 Å². The molecule has 0 aliphatic carbocycles. The summed E-state index contributed by atoms with van der Waals surface area (Å²) in [6, 6.07) is 15.5. The average molecular weight is 391 g/mol. The summed E-state index contributed by atoms with van der Waals surface area (Å²) >= 11 is 0. The Kier molecular flexibility index (Phi) is 6.12. The van der Waals surface area contributed by atoms with Crippen LogP contribution in [0.1, 0.15) is 31.9 Å². The zero-order valence-corrected chi connectivity index (χ0v) is 17.1. The molecule has 3 aromatic rings. The lowest BCUT2D eigenvalue weighted by Gasteiger charge is -2.19. The van der Waals surface area contributed by atoms with Gasteiger partial charge in [0.1, 0.15) is 25.0 Å². The number of hydrogen-bond acceptors (Lipinski definition) is 5. The van der Waals surface area contributed by atoms with E-state index < -0.39 is 5.41 Å². The van der Waals surface area contributed by atoms with Gasteiger partial charge < -0.3 is 9.47 Å². The van der Waals surface area contributed by atoms with Crippen LogP contribution in [0.4, 0.5) is 0 Å². The molecule has 0 saturated heterocycles. The summed E-state index contributed by atoms with van der Waals surface area (Å²) in [7, 11) is 1.59. The minimum absolute atomic E-state index is 0.0358. The topological polar surface area (TPSA) is 66.2 Å². The van der Waals surface area contributed by atoms with E-state index in [0.29, 0.717) is 23.8 Å². The van der Waals surface area contributed by atoms with Gasteiger partial charge in [0.05, 0.1) is 7.11 Å². The first kappa shape index (κ1) is 20.3. The van der Waals surface area contributed by atoms with Crippen molar-refractivity contribution in [2.45, 2.75) is 27.4 Å². The summed E-state index contributed by atoms with van der Waals surface area (Å²) < 4.78 is 12.9. The first-order chi connectivity index (χ1) is 13.9. The maximum Gasteiger partial charge on any atom is 0.186 e. The van der Waals surface area contributed by atoms with E-state index in [-0.39, 0.29) is 5.78 Å². The summed E-state index contributed by atoms with van der Waals surface area (Å²) in [6.45, 7) is 6.07. The first-order valence-corrected chi connectivity index (χ1v) is 9.35. The van der Waals surface area contributed by atoms with Crippen molar-refractivity contribution in [2.24, 2.45) is 5.41 Å². The second-order valence-electron chi connectivity index (χ2n) is 7.63. The minimum atomic E-state index is -0.555. The fourth-order valence-corrected chi connectivity index (χ4v) is 2.74. The Labute approximate surface area is 170 Å². The molecular formula is C23H25N3O3. The summed E-state index contributed by atoms with van der Waals surface area (Å²) in [5, 5.41) is 4.13. The van der Waals surface area contributed by atoms with Gasteiger partial charge in [0.15, 0.2) is 17.3 Å². The highest BCUT2D eigenvalue weighted by Crippen LogP contribution is 2.31. The third-order valence-corrected chi connectivity index (χ3v) is 4.31. The number of rotatable bonds is 7. The molecule has 0 aliphatic heterocycles. The van der Waals surface area contributed by atoms with Crippen molar-refractivity contribution in [1.82, 2.24) is 14.8 Å². The maximum absolute atomic E-state index is 12.9. The zero-order valence-electron chi connectivity index (χ0n) is 17.1. The molecule has 150 valence electrons. The van der Waals surface area contributed by atoms with Crippen LogP contribution in [0.2, 0.25) is 0 Å². The van der Waals surface area contributed by atoms with Crippen molar-refractivity contribution in [2.75, 3.05) is 7.11 Å². The summed E-state index contributed by atoms with van der Waals surface area (Å²) in [5.41, 5.74) is 1.76. The Bertz CT molecular complexity index is 988. The van der Waals surface area contributed by atoms with Crippen molar-refractivity contribution in [3.05, 3.63) is 72.3 Å². The van der Waals surface area contributed by atoms with Gasteiger partial charge in [-0.1, -0.05) is 57.2 Å². The molecule has 0 aliphatic rings. The lowest BCUT2D eigenvalue weighted by atomic mass is 9.88. The Morgan fingerprint density at radius 2 is 1.86 bits per heavy atom. The van der Waals surface area contributed by atoms with Crippen LogP contribution in [0.5, 0.6) is 11.5 Å². The molecule has 6 nitrogen and oxygen atoms in total. The lowest BCUT2D eigenvalue weighted by Crippen LogP contribution is -2.24. The van der Waals surface area contributed by atoms with Crippen molar-refractivity contribution >= 4 is 17.6 Å². The van der Waals surface area contributed by atoms with Crippen molar-refractivity contribution < 1.29 is 14.3 Å². The Morgan fingerprint density at radius 1 is 1.10 bits per heavy atom. The zero-order chi connectivity index (χ0) is 20.9. The van der Waals surface area contributed by atoms with E-state index in [9.17, 15) is 4.79 Å². The predicted molar refractivity (Wildman–Crippen MR) is 112 cm³/mol. The van der Waals surface area contributed by atoms with E-state index in [1.165, 1.54) is 17.3 Å². The highest BCUT2D eigenvalue weighted by Gasteiger charge is 2.26. The molecule has 2 aromatic carbocycles. The van der Waals surface area contributed by atoms with Gasteiger partial charge in [-0.25, -0.2) is 9.67 Å². The minimum Gasteiger partial charge on any atom is -0.493 e. The highest BCUT2D eigenvalue weighted by atomic mass is 16.5. The molecule has 0 fully saturated rings. The predicted octanol–water partition coefficient (Wildman–Crippen LogP) is 4.48. The SMILES string of the molecule is COc1cc(C=C(C(=O)C(C)(C)C)n2cncn2)ccc1OCc1ccccc1. The van der Waals surface area contributed by atoms with E-state index in [1.54, 1.807) is 13.2 Å². The number of benzene rings is 2. The van der Waals surface area contributed by atoms with Gasteiger partial charge in [0.25, 0.3) is 0 Å². The Hall–Kier alpha value is -3.41. The highest BCUT2D eigenvalue weighted by molar-refractivity contribution is 6.21.